The molecular weight excluding hydrogens is 414 g/mol. The van der Waals surface area contributed by atoms with E-state index < -0.39 is 0 Å². The second kappa shape index (κ2) is 8.04. The van der Waals surface area contributed by atoms with E-state index in [1.54, 1.807) is 28.9 Å². The van der Waals surface area contributed by atoms with Gasteiger partial charge in [-0.3, -0.25) is 4.79 Å². The molecule has 0 N–H and O–H groups in total. The zero-order chi connectivity index (χ0) is 20.5. The van der Waals surface area contributed by atoms with Crippen LogP contribution in [0.3, 0.4) is 0 Å². The minimum atomic E-state index is 0.0485. The molecule has 1 amide bonds. The number of amides is 1. The molecule has 4 heterocycles. The third-order valence-electron chi connectivity index (χ3n) is 5.39. The first-order valence-electron chi connectivity index (χ1n) is 9.83. The summed E-state index contributed by atoms with van der Waals surface area (Å²) in [4.78, 5) is 22.1. The molecule has 8 heteroatoms. The number of hydrogen-bond donors (Lipinski definition) is 0. The number of thiophene rings is 1. The lowest BCUT2D eigenvalue weighted by atomic mass is 10.2. The Balaban J connectivity index is 1.26. The minimum absolute atomic E-state index is 0.0485. The van der Waals surface area contributed by atoms with E-state index in [9.17, 15) is 4.79 Å². The predicted octanol–water partition coefficient (Wildman–Crippen LogP) is 4.33. The van der Waals surface area contributed by atoms with Gasteiger partial charge < -0.3 is 9.80 Å². The largest absolute Gasteiger partial charge is 0.345 e. The second-order valence-corrected chi connectivity index (χ2v) is 8.81. The number of carbonyl (C=O) groups is 1. The maximum atomic E-state index is 13.1. The van der Waals surface area contributed by atoms with E-state index in [-0.39, 0.29) is 5.91 Å². The quantitative estimate of drug-likeness (QED) is 0.479. The number of piperazine rings is 1. The molecule has 1 aliphatic heterocycles. The molecule has 0 saturated carbocycles. The third-order valence-corrected chi connectivity index (χ3v) is 6.97. The van der Waals surface area contributed by atoms with E-state index in [1.165, 1.54) is 5.56 Å². The van der Waals surface area contributed by atoms with E-state index >= 15 is 0 Å². The lowest BCUT2D eigenvalue weighted by Gasteiger charge is -2.34. The zero-order valence-electron chi connectivity index (χ0n) is 16.6. The van der Waals surface area contributed by atoms with E-state index in [0.717, 1.165) is 35.3 Å². The van der Waals surface area contributed by atoms with Crippen molar-refractivity contribution in [3.63, 3.8) is 0 Å². The van der Waals surface area contributed by atoms with Gasteiger partial charge in [0, 0.05) is 42.5 Å². The van der Waals surface area contributed by atoms with Crippen molar-refractivity contribution in [1.29, 1.82) is 0 Å². The topological polar surface area (TPSA) is 54.3 Å². The number of hydrogen-bond acceptors (Lipinski definition) is 6. The van der Waals surface area contributed by atoms with Gasteiger partial charge in [0.15, 0.2) is 5.13 Å². The minimum Gasteiger partial charge on any atom is -0.345 e. The van der Waals surface area contributed by atoms with Crippen molar-refractivity contribution in [3.8, 4) is 16.9 Å². The van der Waals surface area contributed by atoms with Crippen LogP contribution in [0, 0.1) is 6.92 Å². The molecule has 30 heavy (non-hydrogen) atoms. The van der Waals surface area contributed by atoms with Crippen LogP contribution in [0.1, 0.15) is 16.1 Å². The molecule has 1 aromatic carbocycles. The van der Waals surface area contributed by atoms with Crippen molar-refractivity contribution < 1.29 is 4.79 Å². The van der Waals surface area contributed by atoms with E-state index in [4.69, 9.17) is 4.98 Å². The highest BCUT2D eigenvalue weighted by molar-refractivity contribution is 7.14. The Bertz CT molecular complexity index is 1140. The molecular formula is C22H21N5OS2. The number of rotatable bonds is 4. The van der Waals surface area contributed by atoms with Gasteiger partial charge in [0.05, 0.1) is 28.8 Å². The Labute approximate surface area is 183 Å². The summed E-state index contributed by atoms with van der Waals surface area (Å²) in [5.74, 6) is 0.0485. The van der Waals surface area contributed by atoms with E-state index in [2.05, 4.69) is 32.2 Å². The number of thiazole rings is 1. The summed E-state index contributed by atoms with van der Waals surface area (Å²) >= 11 is 3.35. The third kappa shape index (κ3) is 3.53. The van der Waals surface area contributed by atoms with Crippen LogP contribution in [-0.2, 0) is 0 Å². The standard InChI is InChI=1S/C22H21N5OS2/c1-16-19(13-23-27(16)18-5-3-2-4-6-18)21(28)25-8-10-26(11-9-25)22-24-20(15-30-22)17-7-12-29-14-17/h2-7,12-15H,8-11H2,1H3. The van der Waals surface area contributed by atoms with Gasteiger partial charge in [-0.25, -0.2) is 9.67 Å². The van der Waals surface area contributed by atoms with Crippen molar-refractivity contribution in [2.24, 2.45) is 0 Å². The van der Waals surface area contributed by atoms with Gasteiger partial charge in [0.2, 0.25) is 0 Å². The first kappa shape index (κ1) is 19.0. The molecule has 0 radical (unpaired) electrons. The van der Waals surface area contributed by atoms with Crippen LogP contribution < -0.4 is 4.90 Å². The molecule has 6 nitrogen and oxygen atoms in total. The zero-order valence-corrected chi connectivity index (χ0v) is 18.2. The first-order valence-corrected chi connectivity index (χ1v) is 11.7. The van der Waals surface area contributed by atoms with Crippen LogP contribution in [-0.4, -0.2) is 51.8 Å². The molecule has 4 aromatic rings. The Kier molecular flexibility index (Phi) is 5.10. The Morgan fingerprint density at radius 2 is 1.83 bits per heavy atom. The Hall–Kier alpha value is -2.97. The van der Waals surface area contributed by atoms with Gasteiger partial charge in [-0.15, -0.1) is 11.3 Å². The molecule has 3 aromatic heterocycles. The molecule has 1 saturated heterocycles. The number of anilines is 1. The molecule has 1 aliphatic rings. The van der Waals surface area contributed by atoms with Crippen molar-refractivity contribution >= 4 is 33.7 Å². The van der Waals surface area contributed by atoms with Crippen LogP contribution in [0.4, 0.5) is 5.13 Å². The molecule has 5 rings (SSSR count). The summed E-state index contributed by atoms with van der Waals surface area (Å²) in [6.07, 6.45) is 1.69. The highest BCUT2D eigenvalue weighted by atomic mass is 32.1. The lowest BCUT2D eigenvalue weighted by Crippen LogP contribution is -2.48. The number of carbonyl (C=O) groups excluding carboxylic acids is 1. The molecule has 0 spiro atoms. The normalized spacial score (nSPS) is 14.3. The fourth-order valence-corrected chi connectivity index (χ4v) is 5.21. The molecule has 0 unspecified atom stereocenters. The number of aromatic nitrogens is 3. The summed E-state index contributed by atoms with van der Waals surface area (Å²) < 4.78 is 1.82. The average Bonchev–Trinajstić information content (AvgIpc) is 3.55. The van der Waals surface area contributed by atoms with Crippen LogP contribution in [0.5, 0.6) is 0 Å². The SMILES string of the molecule is Cc1c(C(=O)N2CCN(c3nc(-c4ccsc4)cs3)CC2)cnn1-c1ccccc1. The summed E-state index contributed by atoms with van der Waals surface area (Å²) in [7, 11) is 0. The maximum absolute atomic E-state index is 13.1. The first-order chi connectivity index (χ1) is 14.7. The van der Waals surface area contributed by atoms with Gasteiger partial charge >= 0.3 is 0 Å². The fraction of sp³-hybridized carbons (Fsp3) is 0.227. The molecule has 1 fully saturated rings. The molecule has 0 bridgehead atoms. The molecule has 0 aliphatic carbocycles. The van der Waals surface area contributed by atoms with Crippen LogP contribution in [0.25, 0.3) is 16.9 Å². The Morgan fingerprint density at radius 3 is 2.57 bits per heavy atom. The lowest BCUT2D eigenvalue weighted by molar-refractivity contribution is 0.0746. The Morgan fingerprint density at radius 1 is 1.03 bits per heavy atom. The fourth-order valence-electron chi connectivity index (χ4n) is 3.67. The maximum Gasteiger partial charge on any atom is 0.257 e. The number of benzene rings is 1. The van der Waals surface area contributed by atoms with Gasteiger partial charge in [-0.1, -0.05) is 18.2 Å². The summed E-state index contributed by atoms with van der Waals surface area (Å²) in [6, 6.07) is 12.0. The highest BCUT2D eigenvalue weighted by Gasteiger charge is 2.26. The summed E-state index contributed by atoms with van der Waals surface area (Å²) in [5, 5.41) is 11.8. The summed E-state index contributed by atoms with van der Waals surface area (Å²) in [6.45, 7) is 4.89. The van der Waals surface area contributed by atoms with E-state index in [1.807, 2.05) is 46.8 Å². The smallest absolute Gasteiger partial charge is 0.257 e. The van der Waals surface area contributed by atoms with Gasteiger partial charge in [-0.05, 0) is 30.5 Å². The van der Waals surface area contributed by atoms with Crippen molar-refractivity contribution in [2.75, 3.05) is 31.1 Å². The average molecular weight is 436 g/mol. The van der Waals surface area contributed by atoms with Crippen LogP contribution in [0.15, 0.2) is 58.7 Å². The molecule has 152 valence electrons. The van der Waals surface area contributed by atoms with Crippen LogP contribution in [0.2, 0.25) is 0 Å². The van der Waals surface area contributed by atoms with Crippen LogP contribution >= 0.6 is 22.7 Å². The number of para-hydroxylation sites is 1. The highest BCUT2D eigenvalue weighted by Crippen LogP contribution is 2.29. The monoisotopic (exact) mass is 435 g/mol. The summed E-state index contributed by atoms with van der Waals surface area (Å²) in [5.41, 5.74) is 4.69. The second-order valence-electron chi connectivity index (χ2n) is 7.20. The molecule has 0 atom stereocenters. The van der Waals surface area contributed by atoms with Gasteiger partial charge in [0.1, 0.15) is 0 Å². The van der Waals surface area contributed by atoms with Crippen molar-refractivity contribution in [1.82, 2.24) is 19.7 Å². The van der Waals surface area contributed by atoms with Crippen molar-refractivity contribution in [2.45, 2.75) is 6.92 Å². The van der Waals surface area contributed by atoms with Crippen molar-refractivity contribution in [3.05, 3.63) is 70.0 Å². The number of nitrogens with zero attached hydrogens (tertiary/aromatic N) is 5. The van der Waals surface area contributed by atoms with E-state index in [0.29, 0.717) is 18.7 Å². The predicted molar refractivity (Wildman–Crippen MR) is 122 cm³/mol. The van der Waals surface area contributed by atoms with Gasteiger partial charge in [0.25, 0.3) is 5.91 Å². The van der Waals surface area contributed by atoms with Gasteiger partial charge in [-0.2, -0.15) is 16.4 Å².